The van der Waals surface area contributed by atoms with Gasteiger partial charge in [0.1, 0.15) is 6.33 Å². The smallest absolute Gasteiger partial charge is 0.282 e. The Bertz CT molecular complexity index is 304. The van der Waals surface area contributed by atoms with Crippen molar-refractivity contribution in [1.29, 1.82) is 0 Å². The molecule has 0 aliphatic rings. The van der Waals surface area contributed by atoms with Crippen molar-refractivity contribution in [2.75, 3.05) is 0 Å². The van der Waals surface area contributed by atoms with E-state index in [-0.39, 0.29) is 5.69 Å². The number of hydrogen-bond acceptors (Lipinski definition) is 2. The van der Waals surface area contributed by atoms with E-state index in [1.807, 2.05) is 0 Å². The number of nitrogens with zero attached hydrogens (tertiary/aromatic N) is 2. The highest BCUT2D eigenvalue weighted by atomic mass is 16.1. The third-order valence-electron chi connectivity index (χ3n) is 1.34. The van der Waals surface area contributed by atoms with Crippen LogP contribution in [-0.2, 0) is 6.54 Å². The Morgan fingerprint density at radius 3 is 3.18 bits per heavy atom. The van der Waals surface area contributed by atoms with Crippen molar-refractivity contribution in [3.63, 3.8) is 0 Å². The van der Waals surface area contributed by atoms with Gasteiger partial charge in [-0.25, -0.2) is 9.89 Å². The lowest BCUT2D eigenvalue weighted by Gasteiger charge is -1.94. The molecule has 0 aromatic carbocycles. The number of nitrogens with one attached hydrogen (secondary N) is 1. The second-order valence-corrected chi connectivity index (χ2v) is 2.16. The molecule has 0 spiro atoms. The largest absolute Gasteiger partial charge is 0.343 e. The summed E-state index contributed by atoms with van der Waals surface area (Å²) in [5.74, 6) is 2.50. The summed E-state index contributed by atoms with van der Waals surface area (Å²) in [7, 11) is 0. The Labute approximate surface area is 64.2 Å². The summed E-state index contributed by atoms with van der Waals surface area (Å²) < 4.78 is 1.50. The summed E-state index contributed by atoms with van der Waals surface area (Å²) in [5.41, 5.74) is -0.179. The molecule has 0 radical (unpaired) electrons. The molecule has 58 valence electrons. The third-order valence-corrected chi connectivity index (χ3v) is 1.34. The normalized spacial score (nSPS) is 9.36. The van der Waals surface area contributed by atoms with Crippen LogP contribution in [0.15, 0.2) is 11.1 Å². The number of terminal acetylenes is 1. The number of rotatable bonds is 3. The maximum Gasteiger partial charge on any atom is 0.343 e. The van der Waals surface area contributed by atoms with Crippen molar-refractivity contribution >= 4 is 0 Å². The summed E-state index contributed by atoms with van der Waals surface area (Å²) in [6.07, 6.45) is 8.02. The molecule has 0 unspecified atom stereocenters. The van der Waals surface area contributed by atoms with Crippen molar-refractivity contribution in [3.05, 3.63) is 16.8 Å². The minimum atomic E-state index is -0.179. The van der Waals surface area contributed by atoms with Gasteiger partial charge in [0, 0.05) is 13.0 Å². The summed E-state index contributed by atoms with van der Waals surface area (Å²) in [4.78, 5) is 10.8. The van der Waals surface area contributed by atoms with Crippen LogP contribution in [0.2, 0.25) is 0 Å². The van der Waals surface area contributed by atoms with Crippen molar-refractivity contribution in [2.45, 2.75) is 19.4 Å². The number of unbranched alkanes of at least 4 members (excludes halogenated alkanes) is 1. The van der Waals surface area contributed by atoms with Gasteiger partial charge in [-0.15, -0.1) is 12.3 Å². The van der Waals surface area contributed by atoms with Gasteiger partial charge < -0.3 is 0 Å². The van der Waals surface area contributed by atoms with Gasteiger partial charge in [-0.1, -0.05) is 0 Å². The molecule has 0 atom stereocenters. The molecule has 1 rings (SSSR count). The van der Waals surface area contributed by atoms with Crippen molar-refractivity contribution in [2.24, 2.45) is 0 Å². The second-order valence-electron chi connectivity index (χ2n) is 2.16. The summed E-state index contributed by atoms with van der Waals surface area (Å²) in [6.45, 7) is 0.638. The van der Waals surface area contributed by atoms with Gasteiger partial charge in [-0.3, -0.25) is 4.57 Å². The van der Waals surface area contributed by atoms with Crippen LogP contribution in [0, 0.1) is 12.3 Å². The monoisotopic (exact) mass is 151 g/mol. The Morgan fingerprint density at radius 2 is 2.64 bits per heavy atom. The lowest BCUT2D eigenvalue weighted by atomic mass is 10.3. The highest BCUT2D eigenvalue weighted by Crippen LogP contribution is 1.88. The first-order valence-electron chi connectivity index (χ1n) is 3.38. The van der Waals surface area contributed by atoms with E-state index >= 15 is 0 Å². The molecule has 0 amide bonds. The minimum Gasteiger partial charge on any atom is -0.282 e. The molecule has 0 bridgehead atoms. The van der Waals surface area contributed by atoms with E-state index in [1.165, 1.54) is 10.9 Å². The topological polar surface area (TPSA) is 50.7 Å². The molecule has 0 saturated carbocycles. The first-order valence-corrected chi connectivity index (χ1v) is 3.38. The number of aromatic nitrogens is 3. The second kappa shape index (κ2) is 3.62. The van der Waals surface area contributed by atoms with Crippen LogP contribution in [0.25, 0.3) is 0 Å². The lowest BCUT2D eigenvalue weighted by molar-refractivity contribution is 0.635. The number of aromatic amines is 1. The molecule has 4 heteroatoms. The average molecular weight is 151 g/mol. The van der Waals surface area contributed by atoms with Crippen molar-refractivity contribution in [1.82, 2.24) is 14.8 Å². The first kappa shape index (κ1) is 7.61. The molecular formula is C7H9N3O. The van der Waals surface area contributed by atoms with E-state index in [2.05, 4.69) is 16.1 Å². The van der Waals surface area contributed by atoms with E-state index in [1.54, 1.807) is 0 Å². The van der Waals surface area contributed by atoms with Gasteiger partial charge in [-0.05, 0) is 6.42 Å². The quantitative estimate of drug-likeness (QED) is 0.487. The number of H-pyrrole nitrogens is 1. The number of aryl methyl sites for hydroxylation is 1. The fourth-order valence-corrected chi connectivity index (χ4v) is 0.781. The molecule has 1 aromatic heterocycles. The van der Waals surface area contributed by atoms with Gasteiger partial charge in [0.2, 0.25) is 0 Å². The van der Waals surface area contributed by atoms with Crippen LogP contribution < -0.4 is 5.69 Å². The Morgan fingerprint density at radius 1 is 1.82 bits per heavy atom. The van der Waals surface area contributed by atoms with E-state index in [0.29, 0.717) is 13.0 Å². The molecule has 0 fully saturated rings. The zero-order chi connectivity index (χ0) is 8.10. The van der Waals surface area contributed by atoms with Gasteiger partial charge in [0.05, 0.1) is 0 Å². The summed E-state index contributed by atoms with van der Waals surface area (Å²) >= 11 is 0. The molecule has 0 aliphatic carbocycles. The zero-order valence-electron chi connectivity index (χ0n) is 6.08. The van der Waals surface area contributed by atoms with Crippen LogP contribution >= 0.6 is 0 Å². The van der Waals surface area contributed by atoms with Gasteiger partial charge in [-0.2, -0.15) is 5.10 Å². The van der Waals surface area contributed by atoms with E-state index in [9.17, 15) is 4.79 Å². The molecule has 1 N–H and O–H groups in total. The molecule has 0 aliphatic heterocycles. The fourth-order valence-electron chi connectivity index (χ4n) is 0.781. The Hall–Kier alpha value is -1.50. The fraction of sp³-hybridized carbons (Fsp3) is 0.429. The van der Waals surface area contributed by atoms with Gasteiger partial charge in [0.15, 0.2) is 0 Å². The van der Waals surface area contributed by atoms with Gasteiger partial charge in [0.25, 0.3) is 0 Å². The SMILES string of the molecule is C#CCCCn1cn[nH]c1=O. The van der Waals surface area contributed by atoms with Crippen molar-refractivity contribution in [3.8, 4) is 12.3 Å². The van der Waals surface area contributed by atoms with E-state index in [0.717, 1.165) is 6.42 Å². The van der Waals surface area contributed by atoms with E-state index in [4.69, 9.17) is 6.42 Å². The van der Waals surface area contributed by atoms with Crippen LogP contribution in [-0.4, -0.2) is 14.8 Å². The standard InChI is InChI=1S/C7H9N3O/c1-2-3-4-5-10-6-8-9-7(10)11/h1,6H,3-5H2,(H,9,11). The molecule has 1 heterocycles. The predicted octanol–water partition coefficient (Wildman–Crippen LogP) is -0.0152. The zero-order valence-corrected chi connectivity index (χ0v) is 6.08. The van der Waals surface area contributed by atoms with E-state index < -0.39 is 0 Å². The Kier molecular flexibility index (Phi) is 2.50. The van der Waals surface area contributed by atoms with Crippen LogP contribution in [0.1, 0.15) is 12.8 Å². The van der Waals surface area contributed by atoms with Crippen LogP contribution in [0.3, 0.4) is 0 Å². The molecule has 0 saturated heterocycles. The van der Waals surface area contributed by atoms with Gasteiger partial charge >= 0.3 is 5.69 Å². The summed E-state index contributed by atoms with van der Waals surface area (Å²) in [6, 6.07) is 0. The highest BCUT2D eigenvalue weighted by molar-refractivity contribution is 4.83. The lowest BCUT2D eigenvalue weighted by Crippen LogP contribution is -2.15. The predicted molar refractivity (Wildman–Crippen MR) is 40.9 cm³/mol. The molecule has 11 heavy (non-hydrogen) atoms. The molecular weight excluding hydrogens is 142 g/mol. The molecule has 4 nitrogen and oxygen atoms in total. The molecule has 1 aromatic rings. The highest BCUT2D eigenvalue weighted by Gasteiger charge is 1.93. The summed E-state index contributed by atoms with van der Waals surface area (Å²) in [5, 5.41) is 5.88. The van der Waals surface area contributed by atoms with Crippen molar-refractivity contribution < 1.29 is 0 Å². The Balaban J connectivity index is 2.46. The first-order chi connectivity index (χ1) is 5.34. The third kappa shape index (κ3) is 1.97. The average Bonchev–Trinajstić information content (AvgIpc) is 2.37. The van der Waals surface area contributed by atoms with Crippen LogP contribution in [0.5, 0.6) is 0 Å². The maximum absolute atomic E-state index is 10.8. The van der Waals surface area contributed by atoms with Crippen LogP contribution in [0.4, 0.5) is 0 Å². The maximum atomic E-state index is 10.8. The number of hydrogen-bond donors (Lipinski definition) is 1. The minimum absolute atomic E-state index is 0.179.